The van der Waals surface area contributed by atoms with E-state index in [9.17, 15) is 4.39 Å². The zero-order valence-corrected chi connectivity index (χ0v) is 18.7. The van der Waals surface area contributed by atoms with E-state index in [1.807, 2.05) is 24.8 Å². The van der Waals surface area contributed by atoms with Crippen LogP contribution in [0.15, 0.2) is 24.3 Å². The van der Waals surface area contributed by atoms with Crippen molar-refractivity contribution >= 4 is 28.4 Å². The maximum Gasteiger partial charge on any atom is 0.326 e. The van der Waals surface area contributed by atoms with Crippen molar-refractivity contribution in [1.29, 1.82) is 0 Å². The summed E-state index contributed by atoms with van der Waals surface area (Å²) in [5, 5.41) is 10.6. The van der Waals surface area contributed by atoms with Gasteiger partial charge in [0.25, 0.3) is 0 Å². The highest BCUT2D eigenvalue weighted by molar-refractivity contribution is 5.83. The van der Waals surface area contributed by atoms with Crippen molar-refractivity contribution in [1.82, 2.24) is 25.1 Å². The van der Waals surface area contributed by atoms with Gasteiger partial charge in [0.2, 0.25) is 0 Å². The van der Waals surface area contributed by atoms with Gasteiger partial charge in [0, 0.05) is 54.0 Å². The Bertz CT molecular complexity index is 1310. The smallest absolute Gasteiger partial charge is 0.326 e. The van der Waals surface area contributed by atoms with Gasteiger partial charge in [-0.15, -0.1) is 0 Å². The molecule has 3 N–H and O–H groups in total. The van der Waals surface area contributed by atoms with E-state index in [0.717, 1.165) is 24.6 Å². The summed E-state index contributed by atoms with van der Waals surface area (Å²) in [4.78, 5) is 13.6. The molecule has 0 atom stereocenters. The normalized spacial score (nSPS) is 13.5. The number of fused-ring (bicyclic) bond motifs is 1. The Hall–Kier alpha value is -3.69. The molecule has 0 unspecified atom stereocenters. The number of aromatic amines is 2. The number of halogens is 2. The van der Waals surface area contributed by atoms with Crippen LogP contribution in [0.2, 0.25) is 0 Å². The molecule has 1 saturated carbocycles. The van der Waals surface area contributed by atoms with Crippen molar-refractivity contribution in [2.24, 2.45) is 0 Å². The number of ether oxygens (including phenoxy) is 1. The Morgan fingerprint density at radius 3 is 2.61 bits per heavy atom. The van der Waals surface area contributed by atoms with Gasteiger partial charge in [-0.2, -0.15) is 15.1 Å². The lowest BCUT2D eigenvalue weighted by atomic mass is 10.2. The third-order valence-corrected chi connectivity index (χ3v) is 5.75. The Morgan fingerprint density at radius 1 is 1.09 bits per heavy atom. The molecule has 0 aliphatic heterocycles. The van der Waals surface area contributed by atoms with Crippen LogP contribution in [-0.4, -0.2) is 38.2 Å². The molecule has 1 aromatic carbocycles. The van der Waals surface area contributed by atoms with Gasteiger partial charge in [-0.05, 0) is 39.7 Å². The van der Waals surface area contributed by atoms with E-state index < -0.39 is 11.6 Å². The van der Waals surface area contributed by atoms with Gasteiger partial charge < -0.3 is 19.9 Å². The predicted octanol–water partition coefficient (Wildman–Crippen LogP) is 5.53. The number of aryl methyl sites for hydroxylation is 1. The van der Waals surface area contributed by atoms with Crippen LogP contribution >= 0.6 is 0 Å². The summed E-state index contributed by atoms with van der Waals surface area (Å²) in [6, 6.07) is 6.18. The van der Waals surface area contributed by atoms with Gasteiger partial charge in [0.1, 0.15) is 11.6 Å². The van der Waals surface area contributed by atoms with Crippen LogP contribution in [0.3, 0.4) is 0 Å². The molecule has 1 aliphatic carbocycles. The maximum absolute atomic E-state index is 15.1. The van der Waals surface area contributed by atoms with E-state index in [1.54, 1.807) is 13.0 Å². The van der Waals surface area contributed by atoms with Gasteiger partial charge >= 0.3 is 6.01 Å². The van der Waals surface area contributed by atoms with Crippen molar-refractivity contribution in [3.8, 4) is 11.8 Å². The van der Waals surface area contributed by atoms with Gasteiger partial charge in [-0.1, -0.05) is 0 Å². The van der Waals surface area contributed by atoms with Gasteiger partial charge in [0.15, 0.2) is 23.2 Å². The molecule has 0 amide bonds. The summed E-state index contributed by atoms with van der Waals surface area (Å²) in [7, 11) is 0. The molecule has 0 saturated heterocycles. The lowest BCUT2D eigenvalue weighted by molar-refractivity contribution is 0.411. The largest absolute Gasteiger partial charge is 0.421 e. The third kappa shape index (κ3) is 4.20. The van der Waals surface area contributed by atoms with Crippen molar-refractivity contribution in [3.63, 3.8) is 0 Å². The maximum atomic E-state index is 15.1. The van der Waals surface area contributed by atoms with Crippen molar-refractivity contribution in [2.45, 2.75) is 39.5 Å². The van der Waals surface area contributed by atoms with Crippen LogP contribution in [0.4, 0.5) is 26.2 Å². The average molecular weight is 453 g/mol. The van der Waals surface area contributed by atoms with Crippen molar-refractivity contribution < 1.29 is 13.5 Å². The summed E-state index contributed by atoms with van der Waals surface area (Å²) in [6.07, 6.45) is 2.32. The molecule has 1 aliphatic rings. The number of aromatic nitrogens is 5. The Morgan fingerprint density at radius 2 is 1.88 bits per heavy atom. The quantitative estimate of drug-likeness (QED) is 0.325. The fraction of sp³-hybridized carbons (Fsp3) is 0.348. The van der Waals surface area contributed by atoms with Crippen LogP contribution in [0, 0.1) is 18.6 Å². The number of rotatable bonds is 8. The lowest BCUT2D eigenvalue weighted by Crippen LogP contribution is -2.23. The second-order valence-electron chi connectivity index (χ2n) is 8.19. The predicted molar refractivity (Wildman–Crippen MR) is 122 cm³/mol. The standard InChI is InChI=1S/C23H25F2N7O/c1-4-32(5-2)20-11-18(27-19-10-16(30-31-19)13-6-7-13)28-23(29-20)33-17-9-15(24)22-14(21(17)25)8-12(3)26-22/h8-11,13,26H,4-7H2,1-3H3,(H2,27,28,29,30,31). The molecule has 172 valence electrons. The molecule has 4 aromatic rings. The van der Waals surface area contributed by atoms with E-state index in [4.69, 9.17) is 4.74 Å². The number of nitrogens with zero attached hydrogens (tertiary/aromatic N) is 4. The summed E-state index contributed by atoms with van der Waals surface area (Å²) in [5.74, 6) is 0.625. The van der Waals surface area contributed by atoms with E-state index in [-0.39, 0.29) is 22.7 Å². The zero-order chi connectivity index (χ0) is 23.1. The highest BCUT2D eigenvalue weighted by atomic mass is 19.1. The zero-order valence-electron chi connectivity index (χ0n) is 18.7. The molecule has 0 bridgehead atoms. The van der Waals surface area contributed by atoms with Gasteiger partial charge in [0.05, 0.1) is 5.52 Å². The first-order chi connectivity index (χ1) is 15.9. The SMILES string of the molecule is CCN(CC)c1cc(Nc2cc(C3CC3)[nH]n2)nc(Oc2cc(F)c3[nH]c(C)cc3c2F)n1. The molecular formula is C23H25F2N7O. The number of hydrogen-bond acceptors (Lipinski definition) is 6. The summed E-state index contributed by atoms with van der Waals surface area (Å²) in [5.41, 5.74) is 1.83. The first-order valence-corrected chi connectivity index (χ1v) is 11.1. The minimum absolute atomic E-state index is 0.0928. The molecular weight excluding hydrogens is 428 g/mol. The number of nitrogens with one attached hydrogen (secondary N) is 3. The second-order valence-corrected chi connectivity index (χ2v) is 8.19. The summed E-state index contributed by atoms with van der Waals surface area (Å²) in [6.45, 7) is 7.16. The number of anilines is 3. The third-order valence-electron chi connectivity index (χ3n) is 5.75. The van der Waals surface area contributed by atoms with Crippen LogP contribution in [0.25, 0.3) is 10.9 Å². The summed E-state index contributed by atoms with van der Waals surface area (Å²) >= 11 is 0. The van der Waals surface area contributed by atoms with E-state index >= 15 is 4.39 Å². The van der Waals surface area contributed by atoms with Crippen LogP contribution < -0.4 is 15.0 Å². The van der Waals surface area contributed by atoms with Crippen LogP contribution in [0.5, 0.6) is 11.8 Å². The number of H-pyrrole nitrogens is 2. The highest BCUT2D eigenvalue weighted by Crippen LogP contribution is 2.40. The Balaban J connectivity index is 1.50. The Kier molecular flexibility index (Phi) is 5.35. The number of benzene rings is 1. The number of hydrogen-bond donors (Lipinski definition) is 3. The fourth-order valence-corrected chi connectivity index (χ4v) is 3.87. The van der Waals surface area contributed by atoms with E-state index in [2.05, 4.69) is 30.5 Å². The van der Waals surface area contributed by atoms with Gasteiger partial charge in [-0.3, -0.25) is 5.10 Å². The van der Waals surface area contributed by atoms with Crippen LogP contribution in [0.1, 0.15) is 44.0 Å². The highest BCUT2D eigenvalue weighted by Gasteiger charge is 2.25. The lowest BCUT2D eigenvalue weighted by Gasteiger charge is -2.21. The molecule has 5 rings (SSSR count). The minimum atomic E-state index is -0.677. The monoisotopic (exact) mass is 453 g/mol. The molecule has 1 fully saturated rings. The van der Waals surface area contributed by atoms with Gasteiger partial charge in [-0.25, -0.2) is 8.78 Å². The van der Waals surface area contributed by atoms with E-state index in [1.165, 1.54) is 6.07 Å². The average Bonchev–Trinajstić information content (AvgIpc) is 3.40. The molecule has 3 aromatic heterocycles. The molecule has 0 radical (unpaired) electrons. The molecule has 33 heavy (non-hydrogen) atoms. The molecule has 10 heteroatoms. The first kappa shape index (κ1) is 21.2. The van der Waals surface area contributed by atoms with Crippen molar-refractivity contribution in [3.05, 3.63) is 47.3 Å². The molecule has 3 heterocycles. The first-order valence-electron chi connectivity index (χ1n) is 11.1. The second kappa shape index (κ2) is 8.34. The van der Waals surface area contributed by atoms with Crippen LogP contribution in [-0.2, 0) is 0 Å². The molecule has 0 spiro atoms. The van der Waals surface area contributed by atoms with E-state index in [0.29, 0.717) is 42.2 Å². The Labute approximate surface area is 189 Å². The van der Waals surface area contributed by atoms with Crippen molar-refractivity contribution in [2.75, 3.05) is 23.3 Å². The fourth-order valence-electron chi connectivity index (χ4n) is 3.87. The minimum Gasteiger partial charge on any atom is -0.421 e. The topological polar surface area (TPSA) is 94.8 Å². The molecule has 8 nitrogen and oxygen atoms in total. The summed E-state index contributed by atoms with van der Waals surface area (Å²) < 4.78 is 35.3.